The molecule has 2 heterocycles. The Morgan fingerprint density at radius 1 is 0.970 bits per heavy atom. The van der Waals surface area contributed by atoms with Gasteiger partial charge in [0.25, 0.3) is 5.91 Å². The smallest absolute Gasteiger partial charge is 0.254 e. The average Bonchev–Trinajstić information content (AvgIpc) is 3.66. The fourth-order valence-electron chi connectivity index (χ4n) is 4.63. The van der Waals surface area contributed by atoms with Crippen LogP contribution in [0.2, 0.25) is 0 Å². The summed E-state index contributed by atoms with van der Waals surface area (Å²) in [6, 6.07) is 15.9. The van der Waals surface area contributed by atoms with Crippen molar-refractivity contribution >= 4 is 28.4 Å². The number of aryl methyl sites for hydroxylation is 2. The number of aromatic nitrogens is 1. The molecule has 0 bridgehead atoms. The lowest BCUT2D eigenvalue weighted by Crippen LogP contribution is -2.50. The van der Waals surface area contributed by atoms with Crippen LogP contribution in [0.1, 0.15) is 45.9 Å². The first kappa shape index (κ1) is 21.6. The summed E-state index contributed by atoms with van der Waals surface area (Å²) in [6.45, 7) is 6.94. The standard InChI is InChI=1S/C27H30N4O2/c1-18-6-5-7-19(2)26(18)29-25(32)17-30-12-14-31(15-13-30)27(33)22-16-24(20-10-11-20)28-23-9-4-3-8-21(22)23/h3-9,16,20H,10-15,17H2,1-2H3,(H,29,32). The Morgan fingerprint density at radius 2 is 1.67 bits per heavy atom. The largest absolute Gasteiger partial charge is 0.336 e. The zero-order chi connectivity index (χ0) is 22.9. The maximum absolute atomic E-state index is 13.5. The Labute approximate surface area is 194 Å². The van der Waals surface area contributed by atoms with Gasteiger partial charge in [0.05, 0.1) is 17.6 Å². The highest BCUT2D eigenvalue weighted by Crippen LogP contribution is 2.40. The van der Waals surface area contributed by atoms with Crippen LogP contribution in [-0.4, -0.2) is 59.3 Å². The normalized spacial score (nSPS) is 16.7. The molecule has 0 radical (unpaired) electrons. The van der Waals surface area contributed by atoms with Crippen molar-refractivity contribution in [3.8, 4) is 0 Å². The second-order valence-corrected chi connectivity index (χ2v) is 9.27. The van der Waals surface area contributed by atoms with E-state index in [9.17, 15) is 9.59 Å². The SMILES string of the molecule is Cc1cccc(C)c1NC(=O)CN1CCN(C(=O)c2cc(C3CC3)nc3ccccc23)CC1. The minimum absolute atomic E-state index is 0.0126. The average molecular weight is 443 g/mol. The predicted octanol–water partition coefficient (Wildman–Crippen LogP) is 4.13. The molecule has 2 aromatic carbocycles. The molecule has 170 valence electrons. The molecule has 2 fully saturated rings. The van der Waals surface area contributed by atoms with Gasteiger partial charge in [-0.25, -0.2) is 0 Å². The van der Waals surface area contributed by atoms with E-state index in [4.69, 9.17) is 4.98 Å². The summed E-state index contributed by atoms with van der Waals surface area (Å²) in [4.78, 5) is 34.9. The second-order valence-electron chi connectivity index (χ2n) is 9.27. The molecule has 6 heteroatoms. The maximum atomic E-state index is 13.5. The number of fused-ring (bicyclic) bond motifs is 1. The predicted molar refractivity (Wildman–Crippen MR) is 131 cm³/mol. The van der Waals surface area contributed by atoms with Crippen LogP contribution in [0, 0.1) is 13.8 Å². The fraction of sp³-hybridized carbons (Fsp3) is 0.370. The van der Waals surface area contributed by atoms with Crippen molar-refractivity contribution in [3.63, 3.8) is 0 Å². The number of hydrogen-bond acceptors (Lipinski definition) is 4. The monoisotopic (exact) mass is 442 g/mol. The van der Waals surface area contributed by atoms with Gasteiger partial charge in [0.1, 0.15) is 0 Å². The van der Waals surface area contributed by atoms with Gasteiger partial charge >= 0.3 is 0 Å². The number of carbonyl (C=O) groups is 2. The Balaban J connectivity index is 1.23. The molecule has 3 aromatic rings. The topological polar surface area (TPSA) is 65.5 Å². The first-order valence-corrected chi connectivity index (χ1v) is 11.8. The third-order valence-electron chi connectivity index (χ3n) is 6.73. The van der Waals surface area contributed by atoms with Gasteiger partial charge in [-0.3, -0.25) is 19.5 Å². The van der Waals surface area contributed by atoms with Crippen LogP contribution in [0.3, 0.4) is 0 Å². The van der Waals surface area contributed by atoms with Crippen LogP contribution >= 0.6 is 0 Å². The minimum atomic E-state index is -0.0126. The third kappa shape index (κ3) is 4.62. The summed E-state index contributed by atoms with van der Waals surface area (Å²) in [7, 11) is 0. The van der Waals surface area contributed by atoms with E-state index in [1.54, 1.807) is 0 Å². The molecule has 1 aliphatic carbocycles. The molecule has 1 N–H and O–H groups in total. The Kier molecular flexibility index (Phi) is 5.85. The van der Waals surface area contributed by atoms with E-state index in [2.05, 4.69) is 10.2 Å². The molecule has 2 amide bonds. The summed E-state index contributed by atoms with van der Waals surface area (Å²) in [6.07, 6.45) is 2.31. The summed E-state index contributed by atoms with van der Waals surface area (Å²) >= 11 is 0. The van der Waals surface area contributed by atoms with Crippen LogP contribution < -0.4 is 5.32 Å². The zero-order valence-corrected chi connectivity index (χ0v) is 19.3. The van der Waals surface area contributed by atoms with Gasteiger partial charge in [-0.2, -0.15) is 0 Å². The molecule has 1 saturated carbocycles. The van der Waals surface area contributed by atoms with E-state index in [0.29, 0.717) is 38.6 Å². The first-order chi connectivity index (χ1) is 16.0. The summed E-state index contributed by atoms with van der Waals surface area (Å²) in [5, 5.41) is 3.98. The highest BCUT2D eigenvalue weighted by Gasteiger charge is 2.29. The van der Waals surface area contributed by atoms with Crippen molar-refractivity contribution in [2.45, 2.75) is 32.6 Å². The van der Waals surface area contributed by atoms with E-state index >= 15 is 0 Å². The molecular weight excluding hydrogens is 412 g/mol. The molecule has 1 aromatic heterocycles. The van der Waals surface area contributed by atoms with Crippen molar-refractivity contribution < 1.29 is 9.59 Å². The Hall–Kier alpha value is -3.25. The Morgan fingerprint density at radius 3 is 2.36 bits per heavy atom. The fourth-order valence-corrected chi connectivity index (χ4v) is 4.63. The maximum Gasteiger partial charge on any atom is 0.254 e. The second kappa shape index (κ2) is 8.94. The summed E-state index contributed by atoms with van der Waals surface area (Å²) in [5.74, 6) is 0.546. The quantitative estimate of drug-likeness (QED) is 0.645. The molecule has 2 aliphatic rings. The zero-order valence-electron chi connectivity index (χ0n) is 19.3. The number of carbonyl (C=O) groups excluding carboxylic acids is 2. The van der Waals surface area contributed by atoms with Crippen LogP contribution in [0.25, 0.3) is 10.9 Å². The number of nitrogens with zero attached hydrogens (tertiary/aromatic N) is 3. The lowest BCUT2D eigenvalue weighted by molar-refractivity contribution is -0.117. The van der Waals surface area contributed by atoms with E-state index in [1.807, 2.05) is 67.3 Å². The highest BCUT2D eigenvalue weighted by molar-refractivity contribution is 6.06. The van der Waals surface area contributed by atoms with E-state index in [-0.39, 0.29) is 11.8 Å². The minimum Gasteiger partial charge on any atom is -0.336 e. The molecule has 1 saturated heterocycles. The van der Waals surface area contributed by atoms with Crippen LogP contribution in [0.4, 0.5) is 5.69 Å². The van der Waals surface area contributed by atoms with Crippen molar-refractivity contribution in [3.05, 3.63) is 70.9 Å². The summed E-state index contributed by atoms with van der Waals surface area (Å²) in [5.41, 5.74) is 5.71. The lowest BCUT2D eigenvalue weighted by atomic mass is 10.0. The number of hydrogen-bond donors (Lipinski definition) is 1. The lowest BCUT2D eigenvalue weighted by Gasteiger charge is -2.34. The van der Waals surface area contributed by atoms with Gasteiger partial charge < -0.3 is 10.2 Å². The number of piperazine rings is 1. The van der Waals surface area contributed by atoms with Crippen molar-refractivity contribution in [2.24, 2.45) is 0 Å². The highest BCUT2D eigenvalue weighted by atomic mass is 16.2. The van der Waals surface area contributed by atoms with Crippen LogP contribution in [0.5, 0.6) is 0 Å². The number of pyridine rings is 1. The molecule has 1 aliphatic heterocycles. The number of rotatable bonds is 5. The van der Waals surface area contributed by atoms with Gasteiger partial charge in [-0.15, -0.1) is 0 Å². The number of nitrogens with one attached hydrogen (secondary N) is 1. The molecular formula is C27H30N4O2. The van der Waals surface area contributed by atoms with E-state index < -0.39 is 0 Å². The van der Waals surface area contributed by atoms with Crippen LogP contribution in [-0.2, 0) is 4.79 Å². The molecule has 5 rings (SSSR count). The van der Waals surface area contributed by atoms with Gasteiger partial charge in [0, 0.05) is 48.9 Å². The summed E-state index contributed by atoms with van der Waals surface area (Å²) < 4.78 is 0. The third-order valence-corrected chi connectivity index (χ3v) is 6.73. The Bertz CT molecular complexity index is 1190. The molecule has 6 nitrogen and oxygen atoms in total. The van der Waals surface area contributed by atoms with Gasteiger partial charge in [0.2, 0.25) is 5.91 Å². The molecule has 0 unspecified atom stereocenters. The van der Waals surface area contributed by atoms with E-state index in [0.717, 1.165) is 51.8 Å². The number of amides is 2. The van der Waals surface area contributed by atoms with Crippen molar-refractivity contribution in [1.82, 2.24) is 14.8 Å². The molecule has 0 spiro atoms. The van der Waals surface area contributed by atoms with Crippen LogP contribution in [0.15, 0.2) is 48.5 Å². The first-order valence-electron chi connectivity index (χ1n) is 11.8. The number of benzene rings is 2. The van der Waals surface area contributed by atoms with Gasteiger partial charge in [-0.05, 0) is 49.9 Å². The molecule has 0 atom stereocenters. The number of para-hydroxylation sites is 2. The van der Waals surface area contributed by atoms with Crippen molar-refractivity contribution in [1.29, 1.82) is 0 Å². The molecule has 33 heavy (non-hydrogen) atoms. The van der Waals surface area contributed by atoms with Gasteiger partial charge in [0.15, 0.2) is 0 Å². The van der Waals surface area contributed by atoms with Gasteiger partial charge in [-0.1, -0.05) is 36.4 Å². The number of anilines is 1. The van der Waals surface area contributed by atoms with E-state index in [1.165, 1.54) is 0 Å². The van der Waals surface area contributed by atoms with Crippen molar-refractivity contribution in [2.75, 3.05) is 38.0 Å².